The number of carbonyl (C=O) groups excluding carboxylic acids is 1. The van der Waals surface area contributed by atoms with E-state index in [1.807, 2.05) is 11.8 Å². The van der Waals surface area contributed by atoms with Crippen molar-refractivity contribution < 1.29 is 4.79 Å². The summed E-state index contributed by atoms with van der Waals surface area (Å²) in [5, 5.41) is 0. The summed E-state index contributed by atoms with van der Waals surface area (Å²) in [5.74, 6) is 3.65. The number of carbonyl (C=O) groups is 1. The van der Waals surface area contributed by atoms with Crippen LogP contribution in [0.25, 0.3) is 0 Å². The average molecular weight is 172 g/mol. The van der Waals surface area contributed by atoms with E-state index in [9.17, 15) is 4.79 Å². The molecule has 1 rings (SSSR count). The van der Waals surface area contributed by atoms with Crippen molar-refractivity contribution in [1.29, 1.82) is 0 Å². The summed E-state index contributed by atoms with van der Waals surface area (Å²) in [4.78, 5) is 11.3. The first kappa shape index (κ1) is 9.11. The van der Waals surface area contributed by atoms with Gasteiger partial charge in [0.1, 0.15) is 5.78 Å². The van der Waals surface area contributed by atoms with Gasteiger partial charge < -0.3 is 0 Å². The summed E-state index contributed by atoms with van der Waals surface area (Å²) < 4.78 is 0. The van der Waals surface area contributed by atoms with Crippen LogP contribution in [0.1, 0.15) is 26.7 Å². The van der Waals surface area contributed by atoms with E-state index in [1.165, 1.54) is 0 Å². The predicted octanol–water partition coefficient (Wildman–Crippen LogP) is 2.35. The second-order valence-electron chi connectivity index (χ2n) is 3.62. The van der Waals surface area contributed by atoms with Gasteiger partial charge in [-0.1, -0.05) is 13.8 Å². The fourth-order valence-corrected chi connectivity index (χ4v) is 2.58. The van der Waals surface area contributed by atoms with E-state index in [-0.39, 0.29) is 0 Å². The molecule has 1 aliphatic heterocycles. The molecule has 0 aromatic heterocycles. The highest BCUT2D eigenvalue weighted by atomic mass is 32.2. The monoisotopic (exact) mass is 172 g/mol. The summed E-state index contributed by atoms with van der Waals surface area (Å²) in [7, 11) is 0. The third-order valence-electron chi connectivity index (χ3n) is 2.02. The molecule has 0 bridgehead atoms. The van der Waals surface area contributed by atoms with Crippen molar-refractivity contribution in [2.75, 3.05) is 11.5 Å². The Labute approximate surface area is 72.9 Å². The molecule has 1 fully saturated rings. The van der Waals surface area contributed by atoms with Gasteiger partial charge >= 0.3 is 0 Å². The zero-order valence-electron chi connectivity index (χ0n) is 7.30. The molecule has 0 radical (unpaired) electrons. The molecule has 0 spiro atoms. The van der Waals surface area contributed by atoms with Crippen LogP contribution in [-0.2, 0) is 4.79 Å². The molecule has 0 amide bonds. The van der Waals surface area contributed by atoms with Gasteiger partial charge in [-0.15, -0.1) is 0 Å². The van der Waals surface area contributed by atoms with Gasteiger partial charge in [-0.05, 0) is 12.3 Å². The Morgan fingerprint density at radius 2 is 2.36 bits per heavy atom. The zero-order chi connectivity index (χ0) is 8.27. The van der Waals surface area contributed by atoms with Crippen molar-refractivity contribution in [3.8, 4) is 0 Å². The molecule has 0 aromatic rings. The van der Waals surface area contributed by atoms with E-state index in [0.29, 0.717) is 17.6 Å². The van der Waals surface area contributed by atoms with E-state index in [0.717, 1.165) is 24.3 Å². The molecule has 0 unspecified atom stereocenters. The van der Waals surface area contributed by atoms with Crippen molar-refractivity contribution in [2.24, 2.45) is 11.8 Å². The number of rotatable bonds is 2. The number of Topliss-reactive ketones (excluding diaryl/α,β-unsaturated/α-hetero) is 1. The topological polar surface area (TPSA) is 17.1 Å². The van der Waals surface area contributed by atoms with Crippen LogP contribution in [-0.4, -0.2) is 17.3 Å². The molecule has 2 heteroatoms. The van der Waals surface area contributed by atoms with Crippen molar-refractivity contribution >= 4 is 17.5 Å². The summed E-state index contributed by atoms with van der Waals surface area (Å²) in [6, 6.07) is 0. The SMILES string of the molecule is CC(C)C[C@H]1CSCCC1=O. The highest BCUT2D eigenvalue weighted by Crippen LogP contribution is 2.24. The second-order valence-corrected chi connectivity index (χ2v) is 4.77. The first-order valence-corrected chi connectivity index (χ1v) is 5.46. The van der Waals surface area contributed by atoms with Gasteiger partial charge in [0.2, 0.25) is 0 Å². The molecule has 1 heterocycles. The van der Waals surface area contributed by atoms with Gasteiger partial charge in [0.15, 0.2) is 0 Å². The van der Waals surface area contributed by atoms with E-state index >= 15 is 0 Å². The maximum atomic E-state index is 11.3. The number of hydrogen-bond donors (Lipinski definition) is 0. The Balaban J connectivity index is 2.36. The standard InChI is InChI=1S/C9H16OS/c1-7(2)5-8-6-11-4-3-9(8)10/h7-8H,3-6H2,1-2H3/t8-/m0/s1. The lowest BCUT2D eigenvalue weighted by Crippen LogP contribution is -2.23. The Morgan fingerprint density at radius 1 is 1.64 bits per heavy atom. The molecule has 1 aliphatic rings. The minimum absolute atomic E-state index is 0.369. The van der Waals surface area contributed by atoms with Gasteiger partial charge in [-0.3, -0.25) is 4.79 Å². The molecule has 0 aliphatic carbocycles. The normalized spacial score (nSPS) is 26.1. The van der Waals surface area contributed by atoms with Crippen LogP contribution < -0.4 is 0 Å². The fourth-order valence-electron chi connectivity index (χ4n) is 1.46. The Bertz CT molecular complexity index is 142. The molecular formula is C9H16OS. The predicted molar refractivity (Wildman–Crippen MR) is 49.9 cm³/mol. The highest BCUT2D eigenvalue weighted by molar-refractivity contribution is 7.99. The van der Waals surface area contributed by atoms with Gasteiger partial charge in [0.25, 0.3) is 0 Å². The molecular weight excluding hydrogens is 156 g/mol. The van der Waals surface area contributed by atoms with E-state index < -0.39 is 0 Å². The maximum Gasteiger partial charge on any atom is 0.137 e. The molecule has 1 atom stereocenters. The average Bonchev–Trinajstić information content (AvgIpc) is 1.93. The summed E-state index contributed by atoms with van der Waals surface area (Å²) >= 11 is 1.93. The number of hydrogen-bond acceptors (Lipinski definition) is 2. The molecule has 1 saturated heterocycles. The fraction of sp³-hybridized carbons (Fsp3) is 0.889. The lowest BCUT2D eigenvalue weighted by atomic mass is 9.93. The van der Waals surface area contributed by atoms with E-state index in [4.69, 9.17) is 0 Å². The van der Waals surface area contributed by atoms with Crippen LogP contribution in [0.3, 0.4) is 0 Å². The van der Waals surface area contributed by atoms with Crippen LogP contribution in [0.15, 0.2) is 0 Å². The minimum Gasteiger partial charge on any atom is -0.299 e. The van der Waals surface area contributed by atoms with Crippen molar-refractivity contribution in [3.63, 3.8) is 0 Å². The third-order valence-corrected chi connectivity index (χ3v) is 3.15. The summed E-state index contributed by atoms with van der Waals surface area (Å²) in [6.07, 6.45) is 1.90. The molecule has 1 nitrogen and oxygen atoms in total. The number of ketones is 1. The van der Waals surface area contributed by atoms with Crippen molar-refractivity contribution in [2.45, 2.75) is 26.7 Å². The van der Waals surface area contributed by atoms with Gasteiger partial charge in [0.05, 0.1) is 0 Å². The number of thioether (sulfide) groups is 1. The lowest BCUT2D eigenvalue weighted by molar-refractivity contribution is -0.122. The van der Waals surface area contributed by atoms with Gasteiger partial charge in [0, 0.05) is 23.8 Å². The quantitative estimate of drug-likeness (QED) is 0.636. The van der Waals surface area contributed by atoms with Crippen LogP contribution in [0.5, 0.6) is 0 Å². The first-order valence-electron chi connectivity index (χ1n) is 4.30. The molecule has 64 valence electrons. The Hall–Kier alpha value is 0.0200. The Kier molecular flexibility index (Phi) is 3.44. The van der Waals surface area contributed by atoms with Crippen molar-refractivity contribution in [3.05, 3.63) is 0 Å². The molecule has 0 N–H and O–H groups in total. The van der Waals surface area contributed by atoms with Gasteiger partial charge in [-0.25, -0.2) is 0 Å². The van der Waals surface area contributed by atoms with Crippen LogP contribution >= 0.6 is 11.8 Å². The first-order chi connectivity index (χ1) is 5.20. The second kappa shape index (κ2) is 4.15. The molecule has 0 saturated carbocycles. The molecule has 11 heavy (non-hydrogen) atoms. The lowest BCUT2D eigenvalue weighted by Gasteiger charge is -2.21. The largest absolute Gasteiger partial charge is 0.299 e. The summed E-state index contributed by atoms with van der Waals surface area (Å²) in [5.41, 5.74) is 0. The van der Waals surface area contributed by atoms with E-state index in [1.54, 1.807) is 0 Å². The highest BCUT2D eigenvalue weighted by Gasteiger charge is 2.22. The van der Waals surface area contributed by atoms with Crippen LogP contribution in [0.2, 0.25) is 0 Å². The van der Waals surface area contributed by atoms with Crippen molar-refractivity contribution in [1.82, 2.24) is 0 Å². The third kappa shape index (κ3) is 2.86. The van der Waals surface area contributed by atoms with E-state index in [2.05, 4.69) is 13.8 Å². The minimum atomic E-state index is 0.369. The zero-order valence-corrected chi connectivity index (χ0v) is 8.12. The molecule has 0 aromatic carbocycles. The smallest absolute Gasteiger partial charge is 0.137 e. The Morgan fingerprint density at radius 3 is 2.91 bits per heavy atom. The maximum absolute atomic E-state index is 11.3. The summed E-state index contributed by atoms with van der Waals surface area (Å²) in [6.45, 7) is 4.37. The van der Waals surface area contributed by atoms with Gasteiger partial charge in [-0.2, -0.15) is 11.8 Å². The van der Waals surface area contributed by atoms with Crippen LogP contribution in [0.4, 0.5) is 0 Å². The van der Waals surface area contributed by atoms with Crippen LogP contribution in [0, 0.1) is 11.8 Å².